The molecule has 0 saturated heterocycles. The van der Waals surface area contributed by atoms with E-state index in [0.29, 0.717) is 28.3 Å². The van der Waals surface area contributed by atoms with Crippen LogP contribution in [0.1, 0.15) is 46.2 Å². The summed E-state index contributed by atoms with van der Waals surface area (Å²) in [6, 6.07) is 14.6. The lowest BCUT2D eigenvalue weighted by atomic mass is 10.0. The van der Waals surface area contributed by atoms with Gasteiger partial charge in [-0.25, -0.2) is 4.79 Å². The number of carbonyl (C=O) groups excluding carboxylic acids is 1. The number of carboxylic acid groups (broad SMARTS) is 1. The first-order valence-corrected chi connectivity index (χ1v) is 8.49. The Morgan fingerprint density at radius 1 is 1.08 bits per heavy atom. The van der Waals surface area contributed by atoms with Gasteiger partial charge in [-0.3, -0.25) is 9.36 Å². The van der Waals surface area contributed by atoms with E-state index in [1.165, 1.54) is 10.1 Å². The van der Waals surface area contributed by atoms with Gasteiger partial charge in [0, 0.05) is 11.1 Å². The maximum Gasteiger partial charge on any atom is 0.338 e. The minimum Gasteiger partial charge on any atom is -0.484 e. The molecule has 0 atom stereocenters. The normalized spacial score (nSPS) is 11.1. The quantitative estimate of drug-likeness (QED) is 0.735. The van der Waals surface area contributed by atoms with Crippen LogP contribution in [0.5, 0.6) is 5.75 Å². The molecule has 134 valence electrons. The number of hydrogen-bond acceptors (Lipinski definition) is 3. The molecule has 0 aliphatic carbocycles. The average molecular weight is 351 g/mol. The summed E-state index contributed by atoms with van der Waals surface area (Å²) in [6.45, 7) is 5.69. The van der Waals surface area contributed by atoms with Crippen LogP contribution in [-0.4, -0.2) is 28.2 Å². The van der Waals surface area contributed by atoms with Crippen LogP contribution < -0.4 is 4.74 Å². The van der Waals surface area contributed by atoms with Gasteiger partial charge in [0.1, 0.15) is 5.75 Å². The minimum atomic E-state index is -1.05. The molecular formula is C21H21NO4. The third-order valence-corrected chi connectivity index (χ3v) is 4.48. The molecule has 2 aromatic carbocycles. The van der Waals surface area contributed by atoms with Crippen LogP contribution in [0.15, 0.2) is 48.5 Å². The number of hydrogen-bond donors (Lipinski definition) is 1. The van der Waals surface area contributed by atoms with E-state index >= 15 is 0 Å². The van der Waals surface area contributed by atoms with Crippen molar-refractivity contribution < 1.29 is 19.4 Å². The Kier molecular flexibility index (Phi) is 4.80. The van der Waals surface area contributed by atoms with Gasteiger partial charge in [-0.1, -0.05) is 44.2 Å². The molecule has 5 nitrogen and oxygen atoms in total. The fraction of sp³-hybridized carbons (Fsp3) is 0.238. The average Bonchev–Trinajstić information content (AvgIpc) is 2.92. The number of para-hydroxylation sites is 1. The second kappa shape index (κ2) is 7.04. The summed E-state index contributed by atoms with van der Waals surface area (Å²) >= 11 is 0. The van der Waals surface area contributed by atoms with E-state index in [2.05, 4.69) is 13.8 Å². The lowest BCUT2D eigenvalue weighted by molar-refractivity contribution is 0.0698. The Morgan fingerprint density at radius 2 is 1.73 bits per heavy atom. The van der Waals surface area contributed by atoms with E-state index < -0.39 is 5.97 Å². The molecule has 0 unspecified atom stereocenters. The van der Waals surface area contributed by atoms with E-state index in [4.69, 9.17) is 4.74 Å². The number of benzene rings is 2. The zero-order valence-corrected chi connectivity index (χ0v) is 15.0. The maximum atomic E-state index is 12.7. The number of carbonyl (C=O) groups is 2. The highest BCUT2D eigenvalue weighted by Crippen LogP contribution is 2.26. The van der Waals surface area contributed by atoms with Gasteiger partial charge in [-0.2, -0.15) is 0 Å². The smallest absolute Gasteiger partial charge is 0.338 e. The minimum absolute atomic E-state index is 0.148. The SMILES string of the molecule is Cc1c(C(=O)O)c2ccccc2n1C(=O)COc1ccc(C(C)C)cc1. The van der Waals surface area contributed by atoms with Crippen LogP contribution in [0.2, 0.25) is 0 Å². The van der Waals surface area contributed by atoms with Gasteiger partial charge in [0.25, 0.3) is 5.91 Å². The van der Waals surface area contributed by atoms with Crippen molar-refractivity contribution in [1.82, 2.24) is 4.57 Å². The highest BCUT2D eigenvalue weighted by Gasteiger charge is 2.22. The molecule has 1 aromatic heterocycles. The fourth-order valence-electron chi connectivity index (χ4n) is 3.12. The van der Waals surface area contributed by atoms with E-state index in [9.17, 15) is 14.7 Å². The van der Waals surface area contributed by atoms with Gasteiger partial charge in [0.2, 0.25) is 0 Å². The third kappa shape index (κ3) is 3.20. The lowest BCUT2D eigenvalue weighted by Gasteiger charge is -2.10. The largest absolute Gasteiger partial charge is 0.484 e. The predicted octanol–water partition coefficient (Wildman–Crippen LogP) is 4.49. The summed E-state index contributed by atoms with van der Waals surface area (Å²) in [7, 11) is 0. The summed E-state index contributed by atoms with van der Waals surface area (Å²) in [6.07, 6.45) is 0. The Balaban J connectivity index is 1.86. The van der Waals surface area contributed by atoms with Crippen molar-refractivity contribution in [1.29, 1.82) is 0 Å². The van der Waals surface area contributed by atoms with Crippen molar-refractivity contribution in [2.45, 2.75) is 26.7 Å². The van der Waals surface area contributed by atoms with E-state index in [1.54, 1.807) is 31.2 Å². The zero-order valence-electron chi connectivity index (χ0n) is 15.0. The van der Waals surface area contributed by atoms with E-state index in [-0.39, 0.29) is 18.1 Å². The number of aromatic carboxylic acids is 1. The summed E-state index contributed by atoms with van der Waals surface area (Å²) in [4.78, 5) is 24.3. The molecule has 0 amide bonds. The zero-order chi connectivity index (χ0) is 18.8. The number of nitrogens with zero attached hydrogens (tertiary/aromatic N) is 1. The van der Waals surface area contributed by atoms with Crippen molar-refractivity contribution in [3.8, 4) is 5.75 Å². The standard InChI is InChI=1S/C21H21NO4/c1-13(2)15-8-10-16(11-9-15)26-12-19(23)22-14(3)20(21(24)25)17-6-4-5-7-18(17)22/h4-11,13H,12H2,1-3H3,(H,24,25). The molecule has 0 radical (unpaired) electrons. The van der Waals surface area contributed by atoms with Crippen LogP contribution in [0.3, 0.4) is 0 Å². The molecule has 0 saturated carbocycles. The van der Waals surface area contributed by atoms with Crippen LogP contribution in [0.4, 0.5) is 0 Å². The predicted molar refractivity (Wildman–Crippen MR) is 100 cm³/mol. The third-order valence-electron chi connectivity index (χ3n) is 4.48. The maximum absolute atomic E-state index is 12.7. The Bertz CT molecular complexity index is 968. The Hall–Kier alpha value is -3.08. The van der Waals surface area contributed by atoms with Crippen molar-refractivity contribution in [3.63, 3.8) is 0 Å². The molecule has 3 rings (SSSR count). The van der Waals surface area contributed by atoms with Gasteiger partial charge < -0.3 is 9.84 Å². The fourth-order valence-corrected chi connectivity index (χ4v) is 3.12. The first kappa shape index (κ1) is 17.7. The summed E-state index contributed by atoms with van der Waals surface area (Å²) < 4.78 is 7.03. The highest BCUT2D eigenvalue weighted by molar-refractivity contribution is 6.08. The summed E-state index contributed by atoms with van der Waals surface area (Å²) in [5.74, 6) is -0.320. The number of rotatable bonds is 5. The lowest BCUT2D eigenvalue weighted by Crippen LogP contribution is -2.20. The monoisotopic (exact) mass is 351 g/mol. The van der Waals surface area contributed by atoms with Crippen molar-refractivity contribution in [3.05, 3.63) is 65.4 Å². The molecule has 0 spiro atoms. The first-order chi connectivity index (χ1) is 12.4. The van der Waals surface area contributed by atoms with Gasteiger partial charge in [0.15, 0.2) is 6.61 Å². The molecule has 0 aliphatic rings. The Morgan fingerprint density at radius 3 is 2.35 bits per heavy atom. The number of ether oxygens (including phenoxy) is 1. The molecule has 1 N–H and O–H groups in total. The molecule has 26 heavy (non-hydrogen) atoms. The first-order valence-electron chi connectivity index (χ1n) is 8.49. The van der Waals surface area contributed by atoms with Crippen LogP contribution in [0.25, 0.3) is 10.9 Å². The van der Waals surface area contributed by atoms with Gasteiger partial charge >= 0.3 is 5.97 Å². The molecule has 5 heteroatoms. The molecule has 0 bridgehead atoms. The van der Waals surface area contributed by atoms with E-state index in [0.717, 1.165) is 0 Å². The molecule has 1 heterocycles. The number of carboxylic acids is 1. The van der Waals surface area contributed by atoms with Crippen molar-refractivity contribution >= 4 is 22.8 Å². The van der Waals surface area contributed by atoms with Gasteiger partial charge in [-0.05, 0) is 36.6 Å². The second-order valence-corrected chi connectivity index (χ2v) is 6.52. The molecule has 0 fully saturated rings. The highest BCUT2D eigenvalue weighted by atomic mass is 16.5. The molecular weight excluding hydrogens is 330 g/mol. The molecule has 3 aromatic rings. The van der Waals surface area contributed by atoms with Crippen LogP contribution in [0, 0.1) is 6.92 Å². The number of fused-ring (bicyclic) bond motifs is 1. The van der Waals surface area contributed by atoms with E-state index in [1.807, 2.05) is 24.3 Å². The second-order valence-electron chi connectivity index (χ2n) is 6.52. The van der Waals surface area contributed by atoms with Crippen molar-refractivity contribution in [2.75, 3.05) is 6.61 Å². The van der Waals surface area contributed by atoms with Crippen LogP contribution >= 0.6 is 0 Å². The Labute approximate surface area is 151 Å². The van der Waals surface area contributed by atoms with Gasteiger partial charge in [-0.15, -0.1) is 0 Å². The van der Waals surface area contributed by atoms with Crippen LogP contribution in [-0.2, 0) is 0 Å². The van der Waals surface area contributed by atoms with Gasteiger partial charge in [0.05, 0.1) is 11.1 Å². The summed E-state index contributed by atoms with van der Waals surface area (Å²) in [5, 5.41) is 10.0. The topological polar surface area (TPSA) is 68.5 Å². The molecule has 0 aliphatic heterocycles. The van der Waals surface area contributed by atoms with Crippen molar-refractivity contribution in [2.24, 2.45) is 0 Å². The number of aromatic nitrogens is 1. The summed E-state index contributed by atoms with van der Waals surface area (Å²) in [5.41, 5.74) is 2.32.